The topological polar surface area (TPSA) is 18.5 Å². The maximum Gasteiger partial charge on any atom is 0.0910 e. The molecule has 0 fully saturated rings. The number of hydrogen-bond donors (Lipinski definition) is 0. The minimum absolute atomic E-state index is 0.143. The minimum atomic E-state index is 0.143. The summed E-state index contributed by atoms with van der Waals surface area (Å²) in [5.74, 6) is 0.893. The van der Waals surface area contributed by atoms with Crippen molar-refractivity contribution < 1.29 is 9.47 Å². The van der Waals surface area contributed by atoms with Gasteiger partial charge in [0, 0.05) is 7.11 Å². The van der Waals surface area contributed by atoms with Crippen molar-refractivity contribution >= 4 is 0 Å². The lowest BCUT2D eigenvalue weighted by atomic mass is 10.3. The molecule has 0 amide bonds. The number of ether oxygens (including phenoxy) is 2. The monoisotopic (exact) mass is 130 g/mol. The first-order valence-electron chi connectivity index (χ1n) is 2.96. The van der Waals surface area contributed by atoms with E-state index in [1.165, 1.54) is 0 Å². The fourth-order valence-electron chi connectivity index (χ4n) is 0.467. The average Bonchev–Trinajstić information content (AvgIpc) is 1.87. The molecule has 1 atom stereocenters. The zero-order chi connectivity index (χ0) is 7.28. The Morgan fingerprint density at radius 3 is 2.33 bits per heavy atom. The van der Waals surface area contributed by atoms with Gasteiger partial charge in [-0.05, 0) is 19.9 Å². The summed E-state index contributed by atoms with van der Waals surface area (Å²) in [6, 6.07) is 0. The van der Waals surface area contributed by atoms with Gasteiger partial charge in [-0.25, -0.2) is 0 Å². The molecule has 0 aromatic rings. The van der Waals surface area contributed by atoms with E-state index < -0.39 is 0 Å². The number of methoxy groups -OCH3 is 2. The van der Waals surface area contributed by atoms with E-state index in [9.17, 15) is 0 Å². The van der Waals surface area contributed by atoms with Crippen LogP contribution in [0.3, 0.4) is 0 Å². The molecule has 0 aromatic heterocycles. The minimum Gasteiger partial charge on any atom is -0.502 e. The lowest BCUT2D eigenvalue weighted by Crippen LogP contribution is -2.00. The molecule has 0 aliphatic rings. The summed E-state index contributed by atoms with van der Waals surface area (Å²) in [6.07, 6.45) is 2.06. The molecule has 0 bridgehead atoms. The molecule has 2 nitrogen and oxygen atoms in total. The second kappa shape index (κ2) is 4.39. The lowest BCUT2D eigenvalue weighted by Gasteiger charge is -2.04. The Labute approximate surface area is 56.5 Å². The number of allylic oxidation sites excluding steroid dienone is 1. The lowest BCUT2D eigenvalue weighted by molar-refractivity contribution is 0.150. The van der Waals surface area contributed by atoms with Crippen molar-refractivity contribution in [3.05, 3.63) is 11.8 Å². The van der Waals surface area contributed by atoms with E-state index in [1.54, 1.807) is 14.2 Å². The summed E-state index contributed by atoms with van der Waals surface area (Å²) in [5.41, 5.74) is 0. The van der Waals surface area contributed by atoms with Gasteiger partial charge in [-0.1, -0.05) is 0 Å². The highest BCUT2D eigenvalue weighted by Crippen LogP contribution is 1.97. The first-order chi connectivity index (χ1) is 4.20. The van der Waals surface area contributed by atoms with Crippen molar-refractivity contribution in [1.29, 1.82) is 0 Å². The van der Waals surface area contributed by atoms with Gasteiger partial charge in [-0.3, -0.25) is 0 Å². The highest BCUT2D eigenvalue weighted by molar-refractivity contribution is 4.92. The largest absolute Gasteiger partial charge is 0.502 e. The normalized spacial score (nSPS) is 15.3. The van der Waals surface area contributed by atoms with Crippen LogP contribution in [0.1, 0.15) is 13.8 Å². The van der Waals surface area contributed by atoms with Crippen LogP contribution >= 0.6 is 0 Å². The molecule has 0 spiro atoms. The molecule has 0 rings (SSSR count). The van der Waals surface area contributed by atoms with Crippen molar-refractivity contribution in [2.75, 3.05) is 14.2 Å². The second-order valence-electron chi connectivity index (χ2n) is 1.92. The summed E-state index contributed by atoms with van der Waals surface area (Å²) < 4.78 is 9.87. The van der Waals surface area contributed by atoms with Crippen molar-refractivity contribution in [3.8, 4) is 0 Å². The number of rotatable bonds is 3. The standard InChI is InChI=1S/C7H14O2/c1-6(8-3)5-7(2)9-4/h5-6H,1-4H3/b7-5-. The molecule has 1 unspecified atom stereocenters. The molecule has 0 saturated carbocycles. The van der Waals surface area contributed by atoms with Crippen LogP contribution in [0.15, 0.2) is 11.8 Å². The number of hydrogen-bond acceptors (Lipinski definition) is 2. The molecule has 2 heteroatoms. The SMILES string of the molecule is CO/C(C)=C\C(C)OC. The van der Waals surface area contributed by atoms with Gasteiger partial charge in [0.05, 0.1) is 19.0 Å². The molecule has 9 heavy (non-hydrogen) atoms. The van der Waals surface area contributed by atoms with E-state index >= 15 is 0 Å². The summed E-state index contributed by atoms with van der Waals surface area (Å²) in [4.78, 5) is 0. The Kier molecular flexibility index (Phi) is 4.14. The van der Waals surface area contributed by atoms with Gasteiger partial charge in [0.2, 0.25) is 0 Å². The maximum atomic E-state index is 4.97. The third kappa shape index (κ3) is 4.03. The molecule has 0 aliphatic heterocycles. The molecular formula is C7H14O2. The fourth-order valence-corrected chi connectivity index (χ4v) is 0.467. The van der Waals surface area contributed by atoms with Crippen LogP contribution in [0.2, 0.25) is 0 Å². The van der Waals surface area contributed by atoms with E-state index in [1.807, 2.05) is 19.9 Å². The summed E-state index contributed by atoms with van der Waals surface area (Å²) in [6.45, 7) is 3.86. The molecule has 54 valence electrons. The van der Waals surface area contributed by atoms with Crippen LogP contribution in [-0.2, 0) is 9.47 Å². The van der Waals surface area contributed by atoms with Crippen molar-refractivity contribution in [1.82, 2.24) is 0 Å². The Morgan fingerprint density at radius 1 is 1.44 bits per heavy atom. The van der Waals surface area contributed by atoms with Crippen molar-refractivity contribution in [2.24, 2.45) is 0 Å². The van der Waals surface area contributed by atoms with Crippen LogP contribution in [-0.4, -0.2) is 20.3 Å². The van der Waals surface area contributed by atoms with Gasteiger partial charge in [0.15, 0.2) is 0 Å². The van der Waals surface area contributed by atoms with E-state index in [4.69, 9.17) is 9.47 Å². The van der Waals surface area contributed by atoms with E-state index in [-0.39, 0.29) is 6.10 Å². The molecule has 0 heterocycles. The Hall–Kier alpha value is -0.500. The Morgan fingerprint density at radius 2 is 2.00 bits per heavy atom. The van der Waals surface area contributed by atoms with Gasteiger partial charge in [-0.15, -0.1) is 0 Å². The fraction of sp³-hybridized carbons (Fsp3) is 0.714. The van der Waals surface area contributed by atoms with Gasteiger partial charge >= 0.3 is 0 Å². The van der Waals surface area contributed by atoms with Crippen LogP contribution in [0.5, 0.6) is 0 Å². The smallest absolute Gasteiger partial charge is 0.0910 e. The van der Waals surface area contributed by atoms with Gasteiger partial charge in [0.25, 0.3) is 0 Å². The predicted molar refractivity (Wildman–Crippen MR) is 37.2 cm³/mol. The predicted octanol–water partition coefficient (Wildman–Crippen LogP) is 1.57. The van der Waals surface area contributed by atoms with E-state index in [0.29, 0.717) is 0 Å². The summed E-state index contributed by atoms with van der Waals surface area (Å²) in [7, 11) is 3.32. The van der Waals surface area contributed by atoms with E-state index in [2.05, 4.69) is 0 Å². The molecular weight excluding hydrogens is 116 g/mol. The van der Waals surface area contributed by atoms with Crippen LogP contribution < -0.4 is 0 Å². The Balaban J connectivity index is 3.64. The van der Waals surface area contributed by atoms with Gasteiger partial charge in [-0.2, -0.15) is 0 Å². The zero-order valence-electron chi connectivity index (χ0n) is 6.47. The molecule has 0 N–H and O–H groups in total. The van der Waals surface area contributed by atoms with Crippen LogP contribution in [0.4, 0.5) is 0 Å². The summed E-state index contributed by atoms with van der Waals surface area (Å²) >= 11 is 0. The maximum absolute atomic E-state index is 4.97. The molecule has 0 radical (unpaired) electrons. The second-order valence-corrected chi connectivity index (χ2v) is 1.92. The average molecular weight is 130 g/mol. The highest BCUT2D eigenvalue weighted by atomic mass is 16.5. The first-order valence-corrected chi connectivity index (χ1v) is 2.96. The van der Waals surface area contributed by atoms with Crippen LogP contribution in [0, 0.1) is 0 Å². The van der Waals surface area contributed by atoms with Crippen LogP contribution in [0.25, 0.3) is 0 Å². The first kappa shape index (κ1) is 8.50. The third-order valence-corrected chi connectivity index (χ3v) is 1.16. The zero-order valence-corrected chi connectivity index (χ0v) is 6.47. The summed E-state index contributed by atoms with van der Waals surface area (Å²) in [5, 5.41) is 0. The van der Waals surface area contributed by atoms with Crippen molar-refractivity contribution in [2.45, 2.75) is 20.0 Å². The highest BCUT2D eigenvalue weighted by Gasteiger charge is 1.93. The van der Waals surface area contributed by atoms with Gasteiger partial charge in [0.1, 0.15) is 0 Å². The quantitative estimate of drug-likeness (QED) is 0.540. The Bertz CT molecular complexity index is 97.1. The molecule has 0 saturated heterocycles. The van der Waals surface area contributed by atoms with Crippen molar-refractivity contribution in [3.63, 3.8) is 0 Å². The molecule has 0 aromatic carbocycles. The third-order valence-electron chi connectivity index (χ3n) is 1.16. The van der Waals surface area contributed by atoms with Gasteiger partial charge < -0.3 is 9.47 Å². The van der Waals surface area contributed by atoms with E-state index in [0.717, 1.165) is 5.76 Å². The molecule has 0 aliphatic carbocycles.